The van der Waals surface area contributed by atoms with Crippen LogP contribution in [0.3, 0.4) is 0 Å². The van der Waals surface area contributed by atoms with Crippen molar-refractivity contribution in [1.29, 1.82) is 0 Å². The summed E-state index contributed by atoms with van der Waals surface area (Å²) in [4.78, 5) is 26.8. The van der Waals surface area contributed by atoms with Crippen molar-refractivity contribution < 1.29 is 9.59 Å². The van der Waals surface area contributed by atoms with Crippen molar-refractivity contribution in [3.8, 4) is 0 Å². The molecular weight excluding hydrogens is 376 g/mol. The zero-order chi connectivity index (χ0) is 20.8. The Morgan fingerprint density at radius 1 is 0.900 bits per heavy atom. The number of carbonyl (C=O) groups is 2. The van der Waals surface area contributed by atoms with Crippen LogP contribution in [0.4, 0.5) is 5.69 Å². The van der Waals surface area contributed by atoms with Crippen LogP contribution in [-0.4, -0.2) is 47.0 Å². The predicted molar refractivity (Wildman–Crippen MR) is 119 cm³/mol. The Balaban J connectivity index is 1.17. The summed E-state index contributed by atoms with van der Waals surface area (Å²) in [6.07, 6.45) is 4.25. The third-order valence-corrected chi connectivity index (χ3v) is 5.64. The van der Waals surface area contributed by atoms with Gasteiger partial charge in [0, 0.05) is 49.5 Å². The van der Waals surface area contributed by atoms with Crippen LogP contribution in [0.1, 0.15) is 19.3 Å². The van der Waals surface area contributed by atoms with Gasteiger partial charge in [-0.15, -0.1) is 0 Å². The molecule has 1 aliphatic heterocycles. The molecule has 1 saturated heterocycles. The molecule has 156 valence electrons. The number of piperidine rings is 1. The Bertz CT molecular complexity index is 991. The van der Waals surface area contributed by atoms with Gasteiger partial charge >= 0.3 is 0 Å². The van der Waals surface area contributed by atoms with Crippen LogP contribution in [-0.2, 0) is 16.1 Å². The number of hydrogen-bond donors (Lipinski definition) is 2. The summed E-state index contributed by atoms with van der Waals surface area (Å²) >= 11 is 0. The summed E-state index contributed by atoms with van der Waals surface area (Å²) in [5.74, 6) is 0.0932. The number of aromatic nitrogens is 1. The second kappa shape index (κ2) is 9.59. The number of anilines is 1. The number of amides is 2. The largest absolute Gasteiger partial charge is 0.353 e. The lowest BCUT2D eigenvalue weighted by atomic mass is 10.0. The minimum Gasteiger partial charge on any atom is -0.353 e. The van der Waals surface area contributed by atoms with Gasteiger partial charge in [-0.3, -0.25) is 14.5 Å². The average molecular weight is 405 g/mol. The summed E-state index contributed by atoms with van der Waals surface area (Å²) in [5.41, 5.74) is 1.98. The molecule has 6 nitrogen and oxygen atoms in total. The van der Waals surface area contributed by atoms with Crippen molar-refractivity contribution in [3.63, 3.8) is 0 Å². The fraction of sp³-hybridized carbons (Fsp3) is 0.333. The number of para-hydroxylation sites is 2. The minimum atomic E-state index is 0.00244. The first-order valence-corrected chi connectivity index (χ1v) is 10.6. The Labute approximate surface area is 176 Å². The van der Waals surface area contributed by atoms with Gasteiger partial charge in [-0.05, 0) is 42.5 Å². The average Bonchev–Trinajstić information content (AvgIpc) is 3.17. The van der Waals surface area contributed by atoms with Gasteiger partial charge in [0.25, 0.3) is 0 Å². The van der Waals surface area contributed by atoms with Crippen molar-refractivity contribution in [2.24, 2.45) is 0 Å². The molecule has 1 aromatic heterocycles. The molecule has 4 rings (SSSR count). The molecule has 0 spiro atoms. The highest BCUT2D eigenvalue weighted by Crippen LogP contribution is 2.16. The van der Waals surface area contributed by atoms with Crippen molar-refractivity contribution in [3.05, 3.63) is 66.9 Å². The topological polar surface area (TPSA) is 66.4 Å². The van der Waals surface area contributed by atoms with E-state index in [0.717, 1.165) is 37.1 Å². The SMILES string of the molecule is O=C(CN1CCC(NC(=O)CCn2ccc3ccccc32)CC1)Nc1ccccc1. The Hall–Kier alpha value is -3.12. The number of rotatable bonds is 7. The molecule has 3 aromatic rings. The molecule has 1 fully saturated rings. The molecule has 6 heteroatoms. The predicted octanol–water partition coefficient (Wildman–Crippen LogP) is 3.25. The number of hydrogen-bond acceptors (Lipinski definition) is 3. The zero-order valence-corrected chi connectivity index (χ0v) is 17.1. The second-order valence-corrected chi connectivity index (χ2v) is 7.85. The zero-order valence-electron chi connectivity index (χ0n) is 17.1. The highest BCUT2D eigenvalue weighted by Gasteiger charge is 2.22. The van der Waals surface area contributed by atoms with E-state index < -0.39 is 0 Å². The number of nitrogens with zero attached hydrogens (tertiary/aromatic N) is 2. The first kappa shape index (κ1) is 20.2. The maximum atomic E-state index is 12.4. The Morgan fingerprint density at radius 2 is 1.63 bits per heavy atom. The van der Waals surface area contributed by atoms with Crippen LogP contribution in [0.25, 0.3) is 10.9 Å². The van der Waals surface area contributed by atoms with E-state index in [4.69, 9.17) is 0 Å². The molecule has 0 unspecified atom stereocenters. The van der Waals surface area contributed by atoms with Crippen LogP contribution in [0, 0.1) is 0 Å². The Kier molecular flexibility index (Phi) is 6.44. The van der Waals surface area contributed by atoms with Gasteiger partial charge in [0.05, 0.1) is 6.54 Å². The van der Waals surface area contributed by atoms with E-state index in [1.54, 1.807) is 0 Å². The van der Waals surface area contributed by atoms with E-state index >= 15 is 0 Å². The number of carbonyl (C=O) groups excluding carboxylic acids is 2. The second-order valence-electron chi connectivity index (χ2n) is 7.85. The van der Waals surface area contributed by atoms with E-state index in [2.05, 4.69) is 38.3 Å². The lowest BCUT2D eigenvalue weighted by Gasteiger charge is -2.31. The number of aryl methyl sites for hydroxylation is 1. The smallest absolute Gasteiger partial charge is 0.238 e. The highest BCUT2D eigenvalue weighted by molar-refractivity contribution is 5.92. The van der Waals surface area contributed by atoms with E-state index in [1.807, 2.05) is 48.7 Å². The molecule has 0 atom stereocenters. The van der Waals surface area contributed by atoms with Gasteiger partial charge in [0.1, 0.15) is 0 Å². The first-order chi connectivity index (χ1) is 14.7. The molecule has 2 heterocycles. The summed E-state index contributed by atoms with van der Waals surface area (Å²) in [5, 5.41) is 7.28. The quantitative estimate of drug-likeness (QED) is 0.635. The van der Waals surface area contributed by atoms with Gasteiger partial charge in [0.2, 0.25) is 11.8 Å². The van der Waals surface area contributed by atoms with Crippen LogP contribution >= 0.6 is 0 Å². The third-order valence-electron chi connectivity index (χ3n) is 5.64. The molecule has 0 bridgehead atoms. The van der Waals surface area contributed by atoms with Gasteiger partial charge in [0.15, 0.2) is 0 Å². The molecule has 2 amide bonds. The van der Waals surface area contributed by atoms with Crippen molar-refractivity contribution >= 4 is 28.4 Å². The Morgan fingerprint density at radius 3 is 2.43 bits per heavy atom. The third kappa shape index (κ3) is 5.27. The van der Waals surface area contributed by atoms with Gasteiger partial charge in [-0.2, -0.15) is 0 Å². The highest BCUT2D eigenvalue weighted by atomic mass is 16.2. The van der Waals surface area contributed by atoms with E-state index in [1.165, 1.54) is 5.39 Å². The summed E-state index contributed by atoms with van der Waals surface area (Å²) in [6, 6.07) is 20.0. The van der Waals surface area contributed by atoms with E-state index in [9.17, 15) is 9.59 Å². The van der Waals surface area contributed by atoms with Crippen LogP contribution in [0.15, 0.2) is 66.9 Å². The molecular formula is C24H28N4O2. The van der Waals surface area contributed by atoms with Crippen LogP contribution < -0.4 is 10.6 Å². The lowest BCUT2D eigenvalue weighted by Crippen LogP contribution is -2.46. The number of benzene rings is 2. The maximum Gasteiger partial charge on any atom is 0.238 e. The number of likely N-dealkylation sites (tertiary alicyclic amines) is 1. The normalized spacial score (nSPS) is 15.2. The molecule has 2 aromatic carbocycles. The van der Waals surface area contributed by atoms with Crippen molar-refractivity contribution in [1.82, 2.24) is 14.8 Å². The molecule has 2 N–H and O–H groups in total. The van der Waals surface area contributed by atoms with Gasteiger partial charge in [-0.25, -0.2) is 0 Å². The molecule has 0 saturated carbocycles. The van der Waals surface area contributed by atoms with Crippen LogP contribution in [0.2, 0.25) is 0 Å². The fourth-order valence-electron chi connectivity index (χ4n) is 4.02. The van der Waals surface area contributed by atoms with Gasteiger partial charge in [-0.1, -0.05) is 36.4 Å². The molecule has 0 radical (unpaired) electrons. The minimum absolute atomic E-state index is 0.00244. The van der Waals surface area contributed by atoms with Crippen molar-refractivity contribution in [2.75, 3.05) is 25.0 Å². The van der Waals surface area contributed by atoms with Crippen LogP contribution in [0.5, 0.6) is 0 Å². The first-order valence-electron chi connectivity index (χ1n) is 10.6. The van der Waals surface area contributed by atoms with Gasteiger partial charge < -0.3 is 15.2 Å². The lowest BCUT2D eigenvalue weighted by molar-refractivity contribution is -0.123. The monoisotopic (exact) mass is 404 g/mol. The maximum absolute atomic E-state index is 12.4. The molecule has 1 aliphatic rings. The summed E-state index contributed by atoms with van der Waals surface area (Å²) < 4.78 is 2.13. The fourth-order valence-corrected chi connectivity index (χ4v) is 4.02. The van der Waals surface area contributed by atoms with Crippen molar-refractivity contribution in [2.45, 2.75) is 31.8 Å². The van der Waals surface area contributed by atoms with E-state index in [-0.39, 0.29) is 17.9 Å². The molecule has 0 aliphatic carbocycles. The standard InChI is InChI=1S/C24H28N4O2/c29-23(13-17-28-16-10-19-6-4-5-9-22(19)28)25-21-11-14-27(15-12-21)18-24(30)26-20-7-2-1-3-8-20/h1-10,16,21H,11-15,17-18H2,(H,25,29)(H,26,30). The van der Waals surface area contributed by atoms with E-state index in [0.29, 0.717) is 19.5 Å². The summed E-state index contributed by atoms with van der Waals surface area (Å²) in [7, 11) is 0. The summed E-state index contributed by atoms with van der Waals surface area (Å²) in [6.45, 7) is 2.69. The number of nitrogens with one attached hydrogen (secondary N) is 2. The number of fused-ring (bicyclic) bond motifs is 1. The molecule has 30 heavy (non-hydrogen) atoms.